The fourth-order valence-corrected chi connectivity index (χ4v) is 2.65. The Morgan fingerprint density at radius 3 is 3.00 bits per heavy atom. The zero-order valence-electron chi connectivity index (χ0n) is 10.4. The smallest absolute Gasteiger partial charge is 0.123 e. The predicted molar refractivity (Wildman–Crippen MR) is 67.1 cm³/mol. The van der Waals surface area contributed by atoms with Gasteiger partial charge in [0.2, 0.25) is 0 Å². The maximum absolute atomic E-state index is 12.3. The van der Waals surface area contributed by atoms with Crippen molar-refractivity contribution in [3.05, 3.63) is 29.8 Å². The van der Waals surface area contributed by atoms with Gasteiger partial charge in [0.25, 0.3) is 0 Å². The Bertz CT molecular complexity index is 356. The molecule has 1 aromatic carbocycles. The summed E-state index contributed by atoms with van der Waals surface area (Å²) in [6.07, 6.45) is 2.97. The number of para-hydroxylation sites is 1. The van der Waals surface area contributed by atoms with E-state index in [1.54, 1.807) is 7.11 Å². The summed E-state index contributed by atoms with van der Waals surface area (Å²) >= 11 is 0. The highest BCUT2D eigenvalue weighted by atomic mass is 19.1. The standard InChI is InChI=1S/C14H20FNO/c1-17-14-8-3-2-6-12(14)13-7-4-10-16(13)11-5-9-15/h2-3,6,8,13H,4-5,7,9-11H2,1H3. The van der Waals surface area contributed by atoms with Gasteiger partial charge in [-0.05, 0) is 31.9 Å². The molecule has 0 amide bonds. The summed E-state index contributed by atoms with van der Waals surface area (Å²) in [5.41, 5.74) is 1.24. The summed E-state index contributed by atoms with van der Waals surface area (Å²) in [5.74, 6) is 0.949. The molecule has 0 radical (unpaired) electrons. The van der Waals surface area contributed by atoms with E-state index in [9.17, 15) is 4.39 Å². The van der Waals surface area contributed by atoms with Crippen LogP contribution >= 0.6 is 0 Å². The van der Waals surface area contributed by atoms with Crippen LogP contribution < -0.4 is 4.74 Å². The first-order chi connectivity index (χ1) is 8.36. The number of methoxy groups -OCH3 is 1. The lowest BCUT2D eigenvalue weighted by molar-refractivity contribution is 0.239. The number of halogens is 1. The van der Waals surface area contributed by atoms with Crippen LogP contribution in [-0.2, 0) is 0 Å². The minimum Gasteiger partial charge on any atom is -0.496 e. The fourth-order valence-electron chi connectivity index (χ4n) is 2.65. The molecule has 0 N–H and O–H groups in total. The topological polar surface area (TPSA) is 12.5 Å². The van der Waals surface area contributed by atoms with Gasteiger partial charge in [-0.1, -0.05) is 18.2 Å². The van der Waals surface area contributed by atoms with Gasteiger partial charge in [-0.25, -0.2) is 0 Å². The molecular weight excluding hydrogens is 217 g/mol. The lowest BCUT2D eigenvalue weighted by Gasteiger charge is -2.25. The Morgan fingerprint density at radius 1 is 1.41 bits per heavy atom. The molecule has 1 heterocycles. The van der Waals surface area contributed by atoms with Gasteiger partial charge in [0.05, 0.1) is 13.8 Å². The van der Waals surface area contributed by atoms with Crippen LogP contribution in [0.5, 0.6) is 5.75 Å². The van der Waals surface area contributed by atoms with Gasteiger partial charge in [-0.2, -0.15) is 0 Å². The molecule has 3 heteroatoms. The highest BCUT2D eigenvalue weighted by molar-refractivity contribution is 5.36. The highest BCUT2D eigenvalue weighted by Gasteiger charge is 2.27. The SMILES string of the molecule is COc1ccccc1C1CCCN1CCCF. The molecule has 0 spiro atoms. The van der Waals surface area contributed by atoms with Crippen molar-refractivity contribution in [2.45, 2.75) is 25.3 Å². The zero-order chi connectivity index (χ0) is 12.1. The minimum atomic E-state index is -0.227. The third kappa shape index (κ3) is 2.78. The normalized spacial score (nSPS) is 20.7. The molecule has 1 aliphatic rings. The molecule has 1 fully saturated rings. The summed E-state index contributed by atoms with van der Waals surface area (Å²) in [6.45, 7) is 1.69. The number of benzene rings is 1. The second-order valence-corrected chi connectivity index (χ2v) is 4.48. The van der Waals surface area contributed by atoms with Crippen molar-refractivity contribution < 1.29 is 9.13 Å². The van der Waals surface area contributed by atoms with E-state index in [1.807, 2.05) is 18.2 Å². The molecule has 0 aliphatic carbocycles. The van der Waals surface area contributed by atoms with Gasteiger partial charge in [0.15, 0.2) is 0 Å². The number of hydrogen-bond donors (Lipinski definition) is 0. The Hall–Kier alpha value is -1.09. The third-order valence-electron chi connectivity index (χ3n) is 3.44. The summed E-state index contributed by atoms with van der Waals surface area (Å²) in [6, 6.07) is 8.56. The molecule has 1 saturated heterocycles. The lowest BCUT2D eigenvalue weighted by Crippen LogP contribution is -2.25. The van der Waals surface area contributed by atoms with E-state index in [2.05, 4.69) is 11.0 Å². The van der Waals surface area contributed by atoms with E-state index >= 15 is 0 Å². The second kappa shape index (κ2) is 6.01. The summed E-state index contributed by atoms with van der Waals surface area (Å²) in [4.78, 5) is 2.37. The van der Waals surface area contributed by atoms with Gasteiger partial charge >= 0.3 is 0 Å². The Morgan fingerprint density at radius 2 is 2.24 bits per heavy atom. The van der Waals surface area contributed by atoms with Gasteiger partial charge < -0.3 is 4.74 Å². The predicted octanol–water partition coefficient (Wildman–Crippen LogP) is 3.19. The Labute approximate surface area is 102 Å². The fraction of sp³-hybridized carbons (Fsp3) is 0.571. The van der Waals surface area contributed by atoms with E-state index in [1.165, 1.54) is 12.0 Å². The first-order valence-electron chi connectivity index (χ1n) is 6.29. The molecule has 17 heavy (non-hydrogen) atoms. The Kier molecular flexibility index (Phi) is 4.37. The van der Waals surface area contributed by atoms with Gasteiger partial charge in [0.1, 0.15) is 5.75 Å². The van der Waals surface area contributed by atoms with Crippen molar-refractivity contribution in [3.63, 3.8) is 0 Å². The van der Waals surface area contributed by atoms with Crippen LogP contribution in [0.2, 0.25) is 0 Å². The monoisotopic (exact) mass is 237 g/mol. The molecule has 2 nitrogen and oxygen atoms in total. The number of likely N-dealkylation sites (tertiary alicyclic amines) is 1. The van der Waals surface area contributed by atoms with Crippen molar-refractivity contribution in [1.82, 2.24) is 4.90 Å². The molecule has 0 saturated carbocycles. The molecule has 1 atom stereocenters. The molecule has 1 aliphatic heterocycles. The van der Waals surface area contributed by atoms with Crippen molar-refractivity contribution in [3.8, 4) is 5.75 Å². The van der Waals surface area contributed by atoms with E-state index in [-0.39, 0.29) is 6.67 Å². The average molecular weight is 237 g/mol. The van der Waals surface area contributed by atoms with E-state index in [0.29, 0.717) is 12.5 Å². The molecule has 0 bridgehead atoms. The quantitative estimate of drug-likeness (QED) is 0.779. The second-order valence-electron chi connectivity index (χ2n) is 4.48. The van der Waals surface area contributed by atoms with Crippen molar-refractivity contribution in [2.24, 2.45) is 0 Å². The third-order valence-corrected chi connectivity index (χ3v) is 3.44. The maximum atomic E-state index is 12.3. The van der Waals surface area contributed by atoms with E-state index in [0.717, 1.165) is 25.3 Å². The van der Waals surface area contributed by atoms with Crippen LogP contribution in [0.1, 0.15) is 30.9 Å². The molecule has 2 rings (SSSR count). The highest BCUT2D eigenvalue weighted by Crippen LogP contribution is 2.36. The van der Waals surface area contributed by atoms with Gasteiger partial charge in [-0.3, -0.25) is 9.29 Å². The average Bonchev–Trinajstić information content (AvgIpc) is 2.84. The van der Waals surface area contributed by atoms with Crippen molar-refractivity contribution >= 4 is 0 Å². The first-order valence-corrected chi connectivity index (χ1v) is 6.29. The summed E-state index contributed by atoms with van der Waals surface area (Å²) < 4.78 is 17.7. The van der Waals surface area contributed by atoms with Crippen LogP contribution in [0.15, 0.2) is 24.3 Å². The molecule has 0 aromatic heterocycles. The molecular formula is C14H20FNO. The van der Waals surface area contributed by atoms with E-state index < -0.39 is 0 Å². The van der Waals surface area contributed by atoms with Crippen LogP contribution in [0.4, 0.5) is 4.39 Å². The Balaban J connectivity index is 2.14. The van der Waals surface area contributed by atoms with Crippen LogP contribution in [0, 0.1) is 0 Å². The number of ether oxygens (including phenoxy) is 1. The summed E-state index contributed by atoms with van der Waals surface area (Å²) in [7, 11) is 1.71. The van der Waals surface area contributed by atoms with Gasteiger partial charge in [0, 0.05) is 18.2 Å². The van der Waals surface area contributed by atoms with Crippen LogP contribution in [0.25, 0.3) is 0 Å². The molecule has 1 aromatic rings. The minimum absolute atomic E-state index is 0.227. The van der Waals surface area contributed by atoms with E-state index in [4.69, 9.17) is 4.74 Å². The number of nitrogens with zero attached hydrogens (tertiary/aromatic N) is 1. The molecule has 1 unspecified atom stereocenters. The molecule has 94 valence electrons. The lowest BCUT2D eigenvalue weighted by atomic mass is 10.0. The van der Waals surface area contributed by atoms with Crippen molar-refractivity contribution in [1.29, 1.82) is 0 Å². The van der Waals surface area contributed by atoms with Gasteiger partial charge in [-0.15, -0.1) is 0 Å². The zero-order valence-corrected chi connectivity index (χ0v) is 10.4. The number of rotatable bonds is 5. The van der Waals surface area contributed by atoms with Crippen molar-refractivity contribution in [2.75, 3.05) is 26.9 Å². The van der Waals surface area contributed by atoms with Crippen LogP contribution in [0.3, 0.4) is 0 Å². The number of alkyl halides is 1. The van der Waals surface area contributed by atoms with Crippen LogP contribution in [-0.4, -0.2) is 31.8 Å². The summed E-state index contributed by atoms with van der Waals surface area (Å²) in [5, 5.41) is 0. The number of hydrogen-bond acceptors (Lipinski definition) is 2. The largest absolute Gasteiger partial charge is 0.496 e. The maximum Gasteiger partial charge on any atom is 0.123 e. The first kappa shape index (κ1) is 12.4.